The Balaban J connectivity index is 2.67. The lowest BCUT2D eigenvalue weighted by atomic mass is 10.2. The molecular weight excluding hydrogens is 332 g/mol. The summed E-state index contributed by atoms with van der Waals surface area (Å²) in [6.45, 7) is 8.54. The van der Waals surface area contributed by atoms with Gasteiger partial charge in [0.25, 0.3) is 0 Å². The second kappa shape index (κ2) is 8.06. The van der Waals surface area contributed by atoms with Crippen LogP contribution in [0.3, 0.4) is 0 Å². The van der Waals surface area contributed by atoms with Crippen molar-refractivity contribution in [1.29, 1.82) is 0 Å². The van der Waals surface area contributed by atoms with Crippen LogP contribution in [0.4, 0.5) is 5.69 Å². The van der Waals surface area contributed by atoms with Crippen molar-refractivity contribution in [2.75, 3.05) is 29.4 Å². The smallest absolute Gasteiger partial charge is 0.240 e. The number of hydrogen-bond donors (Lipinski definition) is 1. The molecule has 5 nitrogen and oxygen atoms in total. The summed E-state index contributed by atoms with van der Waals surface area (Å²) in [5, 5.41) is 2.78. The average Bonchev–Trinajstić information content (AvgIpc) is 2.38. The highest BCUT2D eigenvalue weighted by molar-refractivity contribution is 8.00. The number of amides is 1. The van der Waals surface area contributed by atoms with Crippen LogP contribution in [0, 0.1) is 6.92 Å². The van der Waals surface area contributed by atoms with E-state index in [9.17, 15) is 13.2 Å². The number of rotatable bonds is 7. The zero-order valence-electron chi connectivity index (χ0n) is 14.4. The quantitative estimate of drug-likeness (QED) is 0.760. The molecule has 0 radical (unpaired) electrons. The zero-order chi connectivity index (χ0) is 17.7. The topological polar surface area (TPSA) is 66.5 Å². The first-order valence-electron chi connectivity index (χ1n) is 7.44. The molecule has 0 unspecified atom stereocenters. The largest absolute Gasteiger partial charge is 0.354 e. The summed E-state index contributed by atoms with van der Waals surface area (Å²) < 4.78 is 25.2. The molecule has 0 aliphatic carbocycles. The maximum atomic E-state index is 12.1. The molecule has 130 valence electrons. The van der Waals surface area contributed by atoms with Crippen molar-refractivity contribution >= 4 is 33.4 Å². The number of anilines is 1. The van der Waals surface area contributed by atoms with Gasteiger partial charge in [0.05, 0.1) is 11.9 Å². The van der Waals surface area contributed by atoms with Crippen molar-refractivity contribution < 1.29 is 13.2 Å². The first kappa shape index (κ1) is 19.8. The fourth-order valence-corrected chi connectivity index (χ4v) is 3.58. The van der Waals surface area contributed by atoms with E-state index in [1.54, 1.807) is 30.0 Å². The lowest BCUT2D eigenvalue weighted by Crippen LogP contribution is -2.41. The number of nitrogens with zero attached hydrogens (tertiary/aromatic N) is 1. The molecule has 0 saturated carbocycles. The molecule has 0 bridgehead atoms. The van der Waals surface area contributed by atoms with E-state index in [2.05, 4.69) is 26.1 Å². The predicted molar refractivity (Wildman–Crippen MR) is 98.6 cm³/mol. The molecule has 1 N–H and O–H groups in total. The Morgan fingerprint density at radius 3 is 2.48 bits per heavy atom. The van der Waals surface area contributed by atoms with Gasteiger partial charge in [-0.25, -0.2) is 8.42 Å². The van der Waals surface area contributed by atoms with E-state index in [0.29, 0.717) is 12.2 Å². The average molecular weight is 359 g/mol. The zero-order valence-corrected chi connectivity index (χ0v) is 16.1. The standard InChI is InChI=1S/C16H26N2O3S2/c1-13-7-6-8-14(11-13)18(23(5,20)21)12-15(19)17-9-10-22-16(2,3)4/h6-8,11H,9-10,12H2,1-5H3,(H,17,19). The Morgan fingerprint density at radius 2 is 1.96 bits per heavy atom. The Bertz CT molecular complexity index is 637. The van der Waals surface area contributed by atoms with Crippen LogP contribution < -0.4 is 9.62 Å². The van der Waals surface area contributed by atoms with E-state index in [0.717, 1.165) is 21.9 Å². The van der Waals surface area contributed by atoms with Gasteiger partial charge in [0.15, 0.2) is 0 Å². The molecule has 7 heteroatoms. The number of carbonyl (C=O) groups is 1. The Kier molecular flexibility index (Phi) is 6.95. The highest BCUT2D eigenvalue weighted by Gasteiger charge is 2.20. The fourth-order valence-electron chi connectivity index (χ4n) is 1.92. The molecular formula is C16H26N2O3S2. The SMILES string of the molecule is Cc1cccc(N(CC(=O)NCCSC(C)(C)C)S(C)(=O)=O)c1. The number of aryl methyl sites for hydroxylation is 1. The van der Waals surface area contributed by atoms with Gasteiger partial charge in [-0.2, -0.15) is 11.8 Å². The summed E-state index contributed by atoms with van der Waals surface area (Å²) in [4.78, 5) is 12.1. The van der Waals surface area contributed by atoms with Gasteiger partial charge in [-0.1, -0.05) is 32.9 Å². The number of sulfonamides is 1. The van der Waals surface area contributed by atoms with Crippen LogP contribution in [-0.4, -0.2) is 44.2 Å². The summed E-state index contributed by atoms with van der Waals surface area (Å²) in [7, 11) is -3.52. The number of benzene rings is 1. The maximum absolute atomic E-state index is 12.1. The third-order valence-corrected chi connectivity index (χ3v) is 5.35. The second-order valence-corrected chi connectivity index (χ2v) is 10.2. The van der Waals surface area contributed by atoms with Gasteiger partial charge >= 0.3 is 0 Å². The Hall–Kier alpha value is -1.21. The van der Waals surface area contributed by atoms with Crippen molar-refractivity contribution in [3.05, 3.63) is 29.8 Å². The Labute approximate surface area is 143 Å². The molecule has 0 aliphatic heterocycles. The highest BCUT2D eigenvalue weighted by atomic mass is 32.2. The van der Waals surface area contributed by atoms with Crippen LogP contribution in [-0.2, 0) is 14.8 Å². The minimum Gasteiger partial charge on any atom is -0.354 e. The van der Waals surface area contributed by atoms with Crippen LogP contribution in [0.15, 0.2) is 24.3 Å². The summed E-state index contributed by atoms with van der Waals surface area (Å²) in [6.07, 6.45) is 1.11. The summed E-state index contributed by atoms with van der Waals surface area (Å²) in [5.41, 5.74) is 1.45. The number of carbonyl (C=O) groups excluding carboxylic acids is 1. The maximum Gasteiger partial charge on any atom is 0.240 e. The van der Waals surface area contributed by atoms with Crippen LogP contribution in [0.5, 0.6) is 0 Å². The summed E-state index contributed by atoms with van der Waals surface area (Å²) in [5.74, 6) is 0.491. The molecule has 0 saturated heterocycles. The molecule has 1 amide bonds. The Morgan fingerprint density at radius 1 is 1.30 bits per heavy atom. The molecule has 0 fully saturated rings. The number of thioether (sulfide) groups is 1. The first-order chi connectivity index (χ1) is 10.5. The van der Waals surface area contributed by atoms with Crippen LogP contribution in [0.25, 0.3) is 0 Å². The predicted octanol–water partition coefficient (Wildman–Crippen LogP) is 2.41. The van der Waals surface area contributed by atoms with Gasteiger partial charge in [-0.15, -0.1) is 0 Å². The van der Waals surface area contributed by atoms with Crippen molar-refractivity contribution in [3.63, 3.8) is 0 Å². The number of nitrogens with one attached hydrogen (secondary N) is 1. The molecule has 1 rings (SSSR count). The minimum absolute atomic E-state index is 0.144. The van der Waals surface area contributed by atoms with Crippen molar-refractivity contribution in [2.45, 2.75) is 32.4 Å². The number of hydrogen-bond acceptors (Lipinski definition) is 4. The van der Waals surface area contributed by atoms with Crippen LogP contribution >= 0.6 is 11.8 Å². The molecule has 0 atom stereocenters. The monoisotopic (exact) mass is 358 g/mol. The van der Waals surface area contributed by atoms with Gasteiger partial charge in [0.2, 0.25) is 15.9 Å². The van der Waals surface area contributed by atoms with E-state index < -0.39 is 10.0 Å². The molecule has 0 spiro atoms. The van der Waals surface area contributed by atoms with Gasteiger partial charge in [-0.3, -0.25) is 9.10 Å². The van der Waals surface area contributed by atoms with E-state index in [1.807, 2.05) is 13.0 Å². The fraction of sp³-hybridized carbons (Fsp3) is 0.562. The normalized spacial score (nSPS) is 12.0. The molecule has 0 aromatic heterocycles. The highest BCUT2D eigenvalue weighted by Crippen LogP contribution is 2.22. The van der Waals surface area contributed by atoms with E-state index in [4.69, 9.17) is 0 Å². The second-order valence-electron chi connectivity index (χ2n) is 6.42. The van der Waals surface area contributed by atoms with Crippen molar-refractivity contribution in [1.82, 2.24) is 5.32 Å². The third-order valence-electron chi connectivity index (χ3n) is 2.94. The van der Waals surface area contributed by atoms with E-state index >= 15 is 0 Å². The van der Waals surface area contributed by atoms with Crippen LogP contribution in [0.1, 0.15) is 26.3 Å². The van der Waals surface area contributed by atoms with Gasteiger partial charge in [0.1, 0.15) is 6.54 Å². The minimum atomic E-state index is -3.52. The van der Waals surface area contributed by atoms with Crippen molar-refractivity contribution in [3.8, 4) is 0 Å². The molecule has 1 aromatic carbocycles. The molecule has 0 heterocycles. The van der Waals surface area contributed by atoms with Crippen molar-refractivity contribution in [2.24, 2.45) is 0 Å². The van der Waals surface area contributed by atoms with Crippen LogP contribution in [0.2, 0.25) is 0 Å². The van der Waals surface area contributed by atoms with E-state index in [-0.39, 0.29) is 17.2 Å². The van der Waals surface area contributed by atoms with E-state index in [1.165, 1.54) is 0 Å². The summed E-state index contributed by atoms with van der Waals surface area (Å²) in [6, 6.07) is 7.11. The van der Waals surface area contributed by atoms with Gasteiger partial charge < -0.3 is 5.32 Å². The first-order valence-corrected chi connectivity index (χ1v) is 10.3. The third kappa shape index (κ3) is 7.74. The molecule has 1 aromatic rings. The lowest BCUT2D eigenvalue weighted by Gasteiger charge is -2.22. The molecule has 0 aliphatic rings. The summed E-state index contributed by atoms with van der Waals surface area (Å²) >= 11 is 1.75. The lowest BCUT2D eigenvalue weighted by molar-refractivity contribution is -0.119. The van der Waals surface area contributed by atoms with Gasteiger partial charge in [0, 0.05) is 17.0 Å². The van der Waals surface area contributed by atoms with Gasteiger partial charge in [-0.05, 0) is 24.6 Å². The molecule has 23 heavy (non-hydrogen) atoms.